The van der Waals surface area contributed by atoms with Crippen molar-refractivity contribution in [3.63, 3.8) is 0 Å². The Morgan fingerprint density at radius 2 is 1.76 bits per heavy atom. The summed E-state index contributed by atoms with van der Waals surface area (Å²) in [6.45, 7) is 6.03. The van der Waals surface area contributed by atoms with Crippen LogP contribution in [0.4, 0.5) is 8.78 Å². The lowest BCUT2D eigenvalue weighted by Gasteiger charge is -2.31. The van der Waals surface area contributed by atoms with Crippen LogP contribution in [-0.4, -0.2) is 48.8 Å². The Bertz CT molecular complexity index is 2480. The number of nitrogens with two attached hydrogens (primary N) is 2. The highest BCUT2D eigenvalue weighted by Gasteiger charge is 2.33. The number of aliphatic imine (C=N–C) groups is 3. The molecule has 1 aliphatic heterocycles. The average molecular weight is 848 g/mol. The Hall–Kier alpha value is -4.79. The lowest BCUT2D eigenvalue weighted by Crippen LogP contribution is -2.40. The molecule has 0 saturated heterocycles. The Labute approximate surface area is 332 Å². The molecule has 1 aromatic heterocycles. The highest BCUT2D eigenvalue weighted by Crippen LogP contribution is 2.39. The Balaban J connectivity index is 1.53. The molecule has 5 aromatic rings. The van der Waals surface area contributed by atoms with Gasteiger partial charge in [-0.3, -0.25) is 9.98 Å². The third kappa shape index (κ3) is 8.12. The van der Waals surface area contributed by atoms with Gasteiger partial charge in [-0.25, -0.2) is 26.2 Å². The summed E-state index contributed by atoms with van der Waals surface area (Å²) in [6, 6.07) is 22.3. The van der Waals surface area contributed by atoms with Gasteiger partial charge < -0.3 is 16.2 Å². The fourth-order valence-electron chi connectivity index (χ4n) is 6.40. The van der Waals surface area contributed by atoms with Gasteiger partial charge >= 0.3 is 0 Å². The number of nitrogens with zero attached hydrogens (tertiary/aromatic N) is 4. The van der Waals surface area contributed by atoms with E-state index in [-0.39, 0.29) is 51.3 Å². The first-order valence-electron chi connectivity index (χ1n) is 17.4. The van der Waals surface area contributed by atoms with Crippen LogP contribution in [-0.2, 0) is 22.0 Å². The molecule has 1 atom stereocenters. The van der Waals surface area contributed by atoms with Gasteiger partial charge in [-0.15, -0.1) is 0 Å². The summed E-state index contributed by atoms with van der Waals surface area (Å²) in [5.74, 6) is 0.0188. The van der Waals surface area contributed by atoms with Crippen molar-refractivity contribution in [2.45, 2.75) is 44.0 Å². The molecule has 286 valence electrons. The lowest BCUT2D eigenvalue weighted by atomic mass is 9.79. The number of ether oxygens (including phenoxy) is 1. The number of hydrogen-bond acceptors (Lipinski definition) is 8. The van der Waals surface area contributed by atoms with E-state index < -0.39 is 32.5 Å². The summed E-state index contributed by atoms with van der Waals surface area (Å²) in [5.41, 5.74) is 13.8. The van der Waals surface area contributed by atoms with Crippen molar-refractivity contribution in [2.75, 3.05) is 18.6 Å². The third-order valence-electron chi connectivity index (χ3n) is 9.78. The molecule has 1 aliphatic rings. The monoisotopic (exact) mass is 846 g/mol. The molecule has 4 aromatic carbocycles. The fourth-order valence-corrected chi connectivity index (χ4v) is 9.53. The number of amidine groups is 2. The molecule has 1 unspecified atom stereocenters. The number of aromatic nitrogens is 1. The molecule has 2 bridgehead atoms. The third-order valence-corrected chi connectivity index (χ3v) is 13.4. The second kappa shape index (κ2) is 16.1. The predicted octanol–water partition coefficient (Wildman–Crippen LogP) is 8.98. The quantitative estimate of drug-likeness (QED) is 0.186. The maximum absolute atomic E-state index is 16.4. The molecule has 14 heteroatoms. The zero-order valence-electron chi connectivity index (χ0n) is 30.8. The molecular weight excluding hydrogens is 807 g/mol. The van der Waals surface area contributed by atoms with Crippen molar-refractivity contribution in [3.05, 3.63) is 136 Å². The number of thioether (sulfide) groups is 1. The van der Waals surface area contributed by atoms with Crippen LogP contribution in [0.15, 0.2) is 127 Å². The van der Waals surface area contributed by atoms with Gasteiger partial charge in [-0.05, 0) is 85.0 Å². The summed E-state index contributed by atoms with van der Waals surface area (Å²) in [5, 5.41) is 0.398. The standard InChI is InChI=1S/C41H41BrF2N6O3S2/c1-40(2)25-54-18-16-41(3,26-9-8-10-28(42)19-26)39(46)49-38(47-4)32-20-29(13-14-34(32)43)53-37-33(24-48-23-27(40)22-45)31-15-17-50(36(31)21-35(37)44)55(51,52)30-11-6-5-7-12-30/h5-15,17,19-23H,16,18,24-25,45H2,1-4H3,(H2,46,47,49). The number of hydrogen-bond donors (Lipinski definition) is 2. The summed E-state index contributed by atoms with van der Waals surface area (Å²) >= 11 is 5.30. The van der Waals surface area contributed by atoms with Crippen LogP contribution < -0.4 is 16.2 Å². The maximum Gasteiger partial charge on any atom is 0.268 e. The molecule has 0 amide bonds. The number of allylic oxidation sites excluding steroid dienone is 1. The van der Waals surface area contributed by atoms with Crippen LogP contribution >= 0.6 is 27.7 Å². The molecule has 55 heavy (non-hydrogen) atoms. The molecule has 9 nitrogen and oxygen atoms in total. The molecule has 6 rings (SSSR count). The maximum atomic E-state index is 16.4. The van der Waals surface area contributed by atoms with Crippen LogP contribution in [0.5, 0.6) is 11.5 Å². The zero-order chi connectivity index (χ0) is 39.5. The minimum absolute atomic E-state index is 0.00697. The minimum atomic E-state index is -4.09. The lowest BCUT2D eigenvalue weighted by molar-refractivity contribution is 0.436. The van der Waals surface area contributed by atoms with Gasteiger partial charge in [0, 0.05) is 52.1 Å². The van der Waals surface area contributed by atoms with Crippen LogP contribution in [0.25, 0.3) is 10.9 Å². The van der Waals surface area contributed by atoms with Gasteiger partial charge in [0.05, 0.1) is 27.9 Å². The predicted molar refractivity (Wildman–Crippen MR) is 223 cm³/mol. The Morgan fingerprint density at radius 1 is 1.00 bits per heavy atom. The molecular formula is C41H41BrF2N6O3S2. The average Bonchev–Trinajstić information content (AvgIpc) is 3.60. The van der Waals surface area contributed by atoms with Crippen molar-refractivity contribution >= 4 is 66.5 Å². The largest absolute Gasteiger partial charge is 0.454 e. The highest BCUT2D eigenvalue weighted by molar-refractivity contribution is 9.10. The number of fused-ring (bicyclic) bond motifs is 5. The molecule has 0 radical (unpaired) electrons. The van der Waals surface area contributed by atoms with Gasteiger partial charge in [-0.1, -0.05) is 60.1 Å². The smallest absolute Gasteiger partial charge is 0.268 e. The number of benzene rings is 4. The zero-order valence-corrected chi connectivity index (χ0v) is 34.0. The van der Waals surface area contributed by atoms with E-state index in [0.29, 0.717) is 23.3 Å². The van der Waals surface area contributed by atoms with E-state index in [1.54, 1.807) is 42.2 Å². The van der Waals surface area contributed by atoms with E-state index in [9.17, 15) is 8.42 Å². The van der Waals surface area contributed by atoms with Crippen molar-refractivity contribution < 1.29 is 21.9 Å². The molecule has 4 N–H and O–H groups in total. The first-order chi connectivity index (χ1) is 26.2. The molecule has 0 saturated carbocycles. The summed E-state index contributed by atoms with van der Waals surface area (Å²) in [6.07, 6.45) is 5.14. The van der Waals surface area contributed by atoms with E-state index in [0.717, 1.165) is 25.6 Å². The normalized spacial score (nSPS) is 19.9. The summed E-state index contributed by atoms with van der Waals surface area (Å²) < 4.78 is 67.6. The van der Waals surface area contributed by atoms with Gasteiger partial charge in [0.2, 0.25) is 0 Å². The van der Waals surface area contributed by atoms with E-state index >= 15 is 8.78 Å². The first kappa shape index (κ1) is 39.9. The van der Waals surface area contributed by atoms with E-state index in [4.69, 9.17) is 26.2 Å². The van der Waals surface area contributed by atoms with E-state index in [1.165, 1.54) is 49.8 Å². The molecule has 0 spiro atoms. The second-order valence-electron chi connectivity index (χ2n) is 13.9. The Morgan fingerprint density at radius 3 is 2.47 bits per heavy atom. The van der Waals surface area contributed by atoms with E-state index in [2.05, 4.69) is 34.8 Å². The van der Waals surface area contributed by atoms with Gasteiger partial charge in [0.1, 0.15) is 17.4 Å². The van der Waals surface area contributed by atoms with Gasteiger partial charge in [-0.2, -0.15) is 11.8 Å². The minimum Gasteiger partial charge on any atom is -0.454 e. The van der Waals surface area contributed by atoms with Gasteiger partial charge in [0.25, 0.3) is 10.0 Å². The van der Waals surface area contributed by atoms with Crippen LogP contribution in [0.2, 0.25) is 0 Å². The van der Waals surface area contributed by atoms with Crippen molar-refractivity contribution in [3.8, 4) is 11.5 Å². The van der Waals surface area contributed by atoms with Crippen LogP contribution in [0, 0.1) is 17.0 Å². The summed E-state index contributed by atoms with van der Waals surface area (Å²) in [7, 11) is -2.60. The van der Waals surface area contributed by atoms with Crippen LogP contribution in [0.3, 0.4) is 0 Å². The molecule has 0 fully saturated rings. The van der Waals surface area contributed by atoms with Crippen LogP contribution in [0.1, 0.15) is 43.9 Å². The summed E-state index contributed by atoms with van der Waals surface area (Å²) in [4.78, 5) is 13.8. The van der Waals surface area contributed by atoms with Crippen molar-refractivity contribution in [2.24, 2.45) is 31.9 Å². The van der Waals surface area contributed by atoms with Crippen molar-refractivity contribution in [1.29, 1.82) is 0 Å². The van der Waals surface area contributed by atoms with E-state index in [1.807, 2.05) is 31.2 Å². The SMILES string of the molecule is CN=C1N=C(N)C(C)(c2cccc(Br)c2)CCSCC(C)(C)C(=CN)C=NCc2c(c(F)cc3c2ccn3S(=O)(=O)c2ccccc2)Oc2ccc(F)c1c2. The first-order valence-corrected chi connectivity index (χ1v) is 20.8. The van der Waals surface area contributed by atoms with Crippen molar-refractivity contribution in [1.82, 2.24) is 3.97 Å². The molecule has 0 aliphatic carbocycles. The Kier molecular flexibility index (Phi) is 11.7. The second-order valence-corrected chi connectivity index (χ2v) is 17.8. The van der Waals surface area contributed by atoms with Gasteiger partial charge in [0.15, 0.2) is 17.4 Å². The highest BCUT2D eigenvalue weighted by atomic mass is 79.9. The number of rotatable bonds is 3. The number of halogens is 3. The molecule has 2 heterocycles. The topological polar surface area (TPSA) is 137 Å². The fraction of sp³-hybridized carbons (Fsp3) is 0.244.